The Morgan fingerprint density at radius 3 is 2.92 bits per heavy atom. The zero-order chi connectivity index (χ0) is 17.2. The third-order valence-corrected chi connectivity index (χ3v) is 5.40. The lowest BCUT2D eigenvalue weighted by molar-refractivity contribution is -0.121. The fourth-order valence-electron chi connectivity index (χ4n) is 2.63. The zero-order valence-corrected chi connectivity index (χ0v) is 15.7. The summed E-state index contributed by atoms with van der Waals surface area (Å²) in [5.74, 6) is 0.0116. The Morgan fingerprint density at radius 1 is 1.16 bits per heavy atom. The van der Waals surface area contributed by atoms with Gasteiger partial charge in [-0.05, 0) is 40.2 Å². The van der Waals surface area contributed by atoms with E-state index in [0.717, 1.165) is 31.0 Å². The lowest BCUT2D eigenvalue weighted by Gasteiger charge is -2.01. The molecule has 3 aromatic heterocycles. The first-order chi connectivity index (χ1) is 12.2. The number of thiazole rings is 1. The van der Waals surface area contributed by atoms with Gasteiger partial charge in [0.15, 0.2) is 0 Å². The van der Waals surface area contributed by atoms with E-state index in [1.807, 2.05) is 47.1 Å². The minimum Gasteiger partial charge on any atom is -0.350 e. The minimum absolute atomic E-state index is 0.0116. The lowest BCUT2D eigenvalue weighted by atomic mass is 10.3. The van der Waals surface area contributed by atoms with Gasteiger partial charge in [0.1, 0.15) is 5.65 Å². The van der Waals surface area contributed by atoms with E-state index < -0.39 is 0 Å². The number of carbonyl (C=O) groups excluding carboxylic acids is 1. The molecule has 0 unspecified atom stereocenters. The van der Waals surface area contributed by atoms with Gasteiger partial charge in [-0.1, -0.05) is 12.1 Å². The van der Waals surface area contributed by atoms with Crippen LogP contribution in [0.1, 0.15) is 17.1 Å². The fraction of sp³-hybridized carbons (Fsp3) is 0.167. The van der Waals surface area contributed by atoms with Crippen LogP contribution >= 0.6 is 27.3 Å². The molecule has 3 heterocycles. The Hall–Kier alpha value is -2.25. The average Bonchev–Trinajstić information content (AvgIpc) is 3.20. The van der Waals surface area contributed by atoms with E-state index in [-0.39, 0.29) is 5.91 Å². The fourth-order valence-corrected chi connectivity index (χ4v) is 3.95. The number of aromatic nitrogens is 3. The van der Waals surface area contributed by atoms with E-state index in [0.29, 0.717) is 19.4 Å². The number of benzene rings is 1. The number of nitrogens with one attached hydrogen (secondary N) is 1. The highest BCUT2D eigenvalue weighted by atomic mass is 79.9. The van der Waals surface area contributed by atoms with Crippen molar-refractivity contribution < 1.29 is 4.79 Å². The van der Waals surface area contributed by atoms with Gasteiger partial charge in [0, 0.05) is 29.7 Å². The van der Waals surface area contributed by atoms with Gasteiger partial charge in [0.25, 0.3) is 0 Å². The highest BCUT2D eigenvalue weighted by Crippen LogP contribution is 2.22. The highest BCUT2D eigenvalue weighted by molar-refractivity contribution is 9.10. The van der Waals surface area contributed by atoms with Crippen LogP contribution in [0.4, 0.5) is 0 Å². The zero-order valence-electron chi connectivity index (χ0n) is 13.3. The molecular formula is C18H15BrN4OS. The Kier molecular flexibility index (Phi) is 4.50. The molecule has 0 saturated heterocycles. The van der Waals surface area contributed by atoms with Crippen molar-refractivity contribution in [3.63, 3.8) is 0 Å². The van der Waals surface area contributed by atoms with Gasteiger partial charge in [-0.3, -0.25) is 4.79 Å². The number of pyridine rings is 1. The van der Waals surface area contributed by atoms with Crippen LogP contribution in [0.5, 0.6) is 0 Å². The number of halogens is 1. The number of amides is 1. The number of imidazole rings is 1. The van der Waals surface area contributed by atoms with Crippen LogP contribution in [-0.4, -0.2) is 20.3 Å². The maximum Gasteiger partial charge on any atom is 0.220 e. The molecule has 7 heteroatoms. The number of aryl methyl sites for hydroxylation is 1. The summed E-state index contributed by atoms with van der Waals surface area (Å²) in [6.45, 7) is 0.429. The van der Waals surface area contributed by atoms with Crippen LogP contribution in [0.3, 0.4) is 0 Å². The number of para-hydroxylation sites is 1. The van der Waals surface area contributed by atoms with Crippen molar-refractivity contribution in [2.75, 3.05) is 0 Å². The van der Waals surface area contributed by atoms with Gasteiger partial charge in [-0.25, -0.2) is 9.97 Å². The smallest absolute Gasteiger partial charge is 0.220 e. The molecule has 0 bridgehead atoms. The summed E-state index contributed by atoms with van der Waals surface area (Å²) in [6.07, 6.45) is 4.96. The molecule has 126 valence electrons. The molecule has 1 aromatic carbocycles. The van der Waals surface area contributed by atoms with Gasteiger partial charge >= 0.3 is 0 Å². The first-order valence-corrected chi connectivity index (χ1v) is 9.52. The highest BCUT2D eigenvalue weighted by Gasteiger charge is 2.08. The van der Waals surface area contributed by atoms with Gasteiger partial charge in [-0.2, -0.15) is 0 Å². The Morgan fingerprint density at radius 2 is 2.04 bits per heavy atom. The van der Waals surface area contributed by atoms with E-state index in [2.05, 4.69) is 37.3 Å². The maximum absolute atomic E-state index is 12.1. The van der Waals surface area contributed by atoms with Crippen LogP contribution in [0.15, 0.2) is 53.3 Å². The molecule has 0 atom stereocenters. The van der Waals surface area contributed by atoms with E-state index in [4.69, 9.17) is 0 Å². The second kappa shape index (κ2) is 6.93. The lowest BCUT2D eigenvalue weighted by Crippen LogP contribution is -2.23. The quantitative estimate of drug-likeness (QED) is 0.537. The topological polar surface area (TPSA) is 59.3 Å². The third kappa shape index (κ3) is 3.72. The Bertz CT molecular complexity index is 1020. The van der Waals surface area contributed by atoms with E-state index in [1.54, 1.807) is 11.3 Å². The van der Waals surface area contributed by atoms with Crippen molar-refractivity contribution in [3.8, 4) is 0 Å². The molecule has 0 spiro atoms. The van der Waals surface area contributed by atoms with Crippen LogP contribution in [0, 0.1) is 0 Å². The SMILES string of the molecule is O=C(CCc1nc2ccccc2s1)NCc1cn2cc(Br)ccc2n1. The number of fused-ring (bicyclic) bond motifs is 2. The number of nitrogens with zero attached hydrogens (tertiary/aromatic N) is 3. The first kappa shape index (κ1) is 16.2. The maximum atomic E-state index is 12.1. The molecule has 4 aromatic rings. The van der Waals surface area contributed by atoms with Gasteiger partial charge < -0.3 is 9.72 Å². The van der Waals surface area contributed by atoms with E-state index >= 15 is 0 Å². The summed E-state index contributed by atoms with van der Waals surface area (Å²) in [6, 6.07) is 11.9. The standard InChI is InChI=1S/C18H15BrN4OS/c19-12-5-6-16-21-13(11-23(16)10-12)9-20-17(24)7-8-18-22-14-3-1-2-4-15(14)25-18/h1-6,10-11H,7-9H2,(H,20,24). The molecule has 0 saturated carbocycles. The molecule has 1 N–H and O–H groups in total. The monoisotopic (exact) mass is 414 g/mol. The summed E-state index contributed by atoms with van der Waals surface area (Å²) < 4.78 is 4.09. The number of hydrogen-bond acceptors (Lipinski definition) is 4. The predicted molar refractivity (Wildman–Crippen MR) is 103 cm³/mol. The number of carbonyl (C=O) groups is 1. The van der Waals surface area contributed by atoms with Crippen LogP contribution in [0.25, 0.3) is 15.9 Å². The van der Waals surface area contributed by atoms with Gasteiger partial charge in [0.2, 0.25) is 5.91 Å². The molecule has 0 radical (unpaired) electrons. The second-order valence-electron chi connectivity index (χ2n) is 5.70. The van der Waals surface area contributed by atoms with Gasteiger partial charge in [-0.15, -0.1) is 11.3 Å². The molecule has 4 rings (SSSR count). The molecule has 0 aliphatic carbocycles. The third-order valence-electron chi connectivity index (χ3n) is 3.84. The number of hydrogen-bond donors (Lipinski definition) is 1. The van der Waals surface area contributed by atoms with Crippen LogP contribution < -0.4 is 5.32 Å². The Labute approximate surface area is 156 Å². The molecule has 0 fully saturated rings. The number of rotatable bonds is 5. The van der Waals surface area contributed by atoms with Crippen molar-refractivity contribution in [1.29, 1.82) is 0 Å². The predicted octanol–water partition coefficient (Wildman–Crippen LogP) is 3.96. The summed E-state index contributed by atoms with van der Waals surface area (Å²) >= 11 is 5.08. The molecule has 0 aliphatic rings. The van der Waals surface area contributed by atoms with E-state index in [1.165, 1.54) is 0 Å². The normalized spacial score (nSPS) is 11.2. The van der Waals surface area contributed by atoms with Crippen molar-refractivity contribution in [3.05, 3.63) is 64.0 Å². The second-order valence-corrected chi connectivity index (χ2v) is 7.73. The molecule has 1 amide bonds. The molecule has 5 nitrogen and oxygen atoms in total. The summed E-state index contributed by atoms with van der Waals surface area (Å²) in [4.78, 5) is 21.1. The molecule has 25 heavy (non-hydrogen) atoms. The molecule has 0 aliphatic heterocycles. The summed E-state index contributed by atoms with van der Waals surface area (Å²) in [7, 11) is 0. The summed E-state index contributed by atoms with van der Waals surface area (Å²) in [5.41, 5.74) is 2.70. The van der Waals surface area contributed by atoms with Crippen molar-refractivity contribution in [1.82, 2.24) is 19.7 Å². The minimum atomic E-state index is 0.0116. The first-order valence-electron chi connectivity index (χ1n) is 7.92. The largest absolute Gasteiger partial charge is 0.350 e. The summed E-state index contributed by atoms with van der Waals surface area (Å²) in [5, 5.41) is 3.92. The average molecular weight is 415 g/mol. The van der Waals surface area contributed by atoms with Crippen molar-refractivity contribution in [2.24, 2.45) is 0 Å². The van der Waals surface area contributed by atoms with Crippen molar-refractivity contribution >= 4 is 49.0 Å². The molecular weight excluding hydrogens is 400 g/mol. The van der Waals surface area contributed by atoms with Crippen LogP contribution in [-0.2, 0) is 17.8 Å². The van der Waals surface area contributed by atoms with E-state index in [9.17, 15) is 4.79 Å². The van der Waals surface area contributed by atoms with Crippen molar-refractivity contribution in [2.45, 2.75) is 19.4 Å². The van der Waals surface area contributed by atoms with Crippen LogP contribution in [0.2, 0.25) is 0 Å². The van der Waals surface area contributed by atoms with Gasteiger partial charge in [0.05, 0.1) is 27.5 Å². The Balaban J connectivity index is 1.33.